The van der Waals surface area contributed by atoms with Crippen LogP contribution < -0.4 is 4.74 Å². The zero-order chi connectivity index (χ0) is 18.5. The zero-order valence-corrected chi connectivity index (χ0v) is 15.4. The van der Waals surface area contributed by atoms with Crippen LogP contribution in [0.5, 0.6) is 5.75 Å². The first kappa shape index (κ1) is 18.0. The number of halogens is 1. The van der Waals surface area contributed by atoms with Crippen molar-refractivity contribution in [2.75, 3.05) is 13.2 Å². The maximum atomic E-state index is 11.7. The van der Waals surface area contributed by atoms with Crippen molar-refractivity contribution in [3.05, 3.63) is 65.3 Å². The lowest BCUT2D eigenvalue weighted by Gasteiger charge is -2.15. The van der Waals surface area contributed by atoms with Gasteiger partial charge in [0.25, 0.3) is 0 Å². The lowest BCUT2D eigenvalue weighted by Crippen LogP contribution is -2.15. The van der Waals surface area contributed by atoms with Crippen LogP contribution in [-0.2, 0) is 9.53 Å². The second-order valence-corrected chi connectivity index (χ2v) is 6.06. The standard InChI is InChI=1S/C20H19ClN2O3/c1-3-25-20(24)13-26-19-11-14(2)17(21)12-16(19)18-9-10-22-23(18)15-7-5-4-6-8-15/h4-12H,3,13H2,1-2H3. The number of carbonyl (C=O) groups excluding carboxylic acids is 1. The van der Waals surface area contributed by atoms with E-state index in [1.807, 2.05) is 55.5 Å². The molecule has 26 heavy (non-hydrogen) atoms. The van der Waals surface area contributed by atoms with Crippen molar-refractivity contribution in [3.8, 4) is 22.7 Å². The minimum Gasteiger partial charge on any atom is -0.481 e. The first-order valence-electron chi connectivity index (χ1n) is 8.28. The fourth-order valence-electron chi connectivity index (χ4n) is 2.60. The molecule has 0 aliphatic heterocycles. The van der Waals surface area contributed by atoms with E-state index in [-0.39, 0.29) is 6.61 Å². The Morgan fingerprint density at radius 2 is 1.96 bits per heavy atom. The monoisotopic (exact) mass is 370 g/mol. The number of rotatable bonds is 6. The van der Waals surface area contributed by atoms with Gasteiger partial charge in [0.05, 0.1) is 24.2 Å². The van der Waals surface area contributed by atoms with Gasteiger partial charge in [0.15, 0.2) is 6.61 Å². The zero-order valence-electron chi connectivity index (χ0n) is 14.6. The quantitative estimate of drug-likeness (QED) is 0.602. The molecular formula is C20H19ClN2O3. The molecule has 0 aliphatic carbocycles. The van der Waals surface area contributed by atoms with Crippen LogP contribution in [0.3, 0.4) is 0 Å². The molecule has 0 N–H and O–H groups in total. The summed E-state index contributed by atoms with van der Waals surface area (Å²) in [7, 11) is 0. The smallest absolute Gasteiger partial charge is 0.344 e. The Morgan fingerprint density at radius 1 is 1.19 bits per heavy atom. The van der Waals surface area contributed by atoms with E-state index < -0.39 is 5.97 Å². The molecule has 0 saturated carbocycles. The van der Waals surface area contributed by atoms with Gasteiger partial charge in [-0.05, 0) is 49.7 Å². The van der Waals surface area contributed by atoms with Crippen molar-refractivity contribution < 1.29 is 14.3 Å². The molecular weight excluding hydrogens is 352 g/mol. The predicted octanol–water partition coefficient (Wildman–Crippen LogP) is 4.44. The molecule has 0 amide bonds. The minimum absolute atomic E-state index is 0.165. The van der Waals surface area contributed by atoms with Crippen LogP contribution in [0.4, 0.5) is 0 Å². The SMILES string of the molecule is CCOC(=O)COc1cc(C)c(Cl)cc1-c1ccnn1-c1ccccc1. The lowest BCUT2D eigenvalue weighted by molar-refractivity contribution is -0.145. The van der Waals surface area contributed by atoms with Gasteiger partial charge in [0.1, 0.15) is 5.75 Å². The van der Waals surface area contributed by atoms with E-state index in [0.717, 1.165) is 22.5 Å². The number of aromatic nitrogens is 2. The summed E-state index contributed by atoms with van der Waals surface area (Å²) in [5, 5.41) is 5.02. The highest BCUT2D eigenvalue weighted by Gasteiger charge is 2.16. The molecule has 0 spiro atoms. The van der Waals surface area contributed by atoms with E-state index in [9.17, 15) is 4.79 Å². The van der Waals surface area contributed by atoms with Crippen LogP contribution >= 0.6 is 11.6 Å². The van der Waals surface area contributed by atoms with Gasteiger partial charge in [0.2, 0.25) is 0 Å². The molecule has 5 nitrogen and oxygen atoms in total. The number of aryl methyl sites for hydroxylation is 1. The number of hydrogen-bond donors (Lipinski definition) is 0. The van der Waals surface area contributed by atoms with Crippen molar-refractivity contribution >= 4 is 17.6 Å². The third kappa shape index (κ3) is 3.89. The van der Waals surface area contributed by atoms with Crippen LogP contribution in [0.2, 0.25) is 5.02 Å². The van der Waals surface area contributed by atoms with Crippen LogP contribution in [-0.4, -0.2) is 29.0 Å². The average molecular weight is 371 g/mol. The highest BCUT2D eigenvalue weighted by molar-refractivity contribution is 6.31. The number of benzene rings is 2. The Kier molecular flexibility index (Phi) is 5.58. The molecule has 0 fully saturated rings. The minimum atomic E-state index is -0.414. The summed E-state index contributed by atoms with van der Waals surface area (Å²) >= 11 is 6.34. The molecule has 6 heteroatoms. The summed E-state index contributed by atoms with van der Waals surface area (Å²) < 4.78 is 12.5. The van der Waals surface area contributed by atoms with Gasteiger partial charge in [-0.1, -0.05) is 29.8 Å². The number of para-hydroxylation sites is 1. The Bertz CT molecular complexity index is 907. The van der Waals surface area contributed by atoms with Crippen molar-refractivity contribution in [3.63, 3.8) is 0 Å². The van der Waals surface area contributed by atoms with Gasteiger partial charge in [-0.3, -0.25) is 0 Å². The number of carbonyl (C=O) groups is 1. The third-order valence-electron chi connectivity index (χ3n) is 3.83. The highest BCUT2D eigenvalue weighted by atomic mass is 35.5. The molecule has 1 heterocycles. The van der Waals surface area contributed by atoms with Crippen LogP contribution in [0.15, 0.2) is 54.7 Å². The van der Waals surface area contributed by atoms with Crippen LogP contribution in [0, 0.1) is 6.92 Å². The molecule has 0 unspecified atom stereocenters. The third-order valence-corrected chi connectivity index (χ3v) is 4.24. The van der Waals surface area contributed by atoms with E-state index in [1.54, 1.807) is 17.8 Å². The molecule has 2 aromatic carbocycles. The Labute approximate surface area is 157 Å². The molecule has 1 aromatic heterocycles. The van der Waals surface area contributed by atoms with E-state index in [4.69, 9.17) is 21.1 Å². The van der Waals surface area contributed by atoms with Gasteiger partial charge in [-0.15, -0.1) is 0 Å². The van der Waals surface area contributed by atoms with Crippen molar-refractivity contribution in [2.45, 2.75) is 13.8 Å². The Balaban J connectivity index is 2.01. The summed E-state index contributed by atoms with van der Waals surface area (Å²) in [6, 6.07) is 15.3. The molecule has 0 bridgehead atoms. The Morgan fingerprint density at radius 3 is 2.69 bits per heavy atom. The summed E-state index contributed by atoms with van der Waals surface area (Å²) in [5.41, 5.74) is 3.35. The fraction of sp³-hybridized carbons (Fsp3) is 0.200. The topological polar surface area (TPSA) is 53.4 Å². The highest BCUT2D eigenvalue weighted by Crippen LogP contribution is 2.35. The maximum absolute atomic E-state index is 11.7. The molecule has 3 aromatic rings. The molecule has 0 radical (unpaired) electrons. The van der Waals surface area contributed by atoms with Gasteiger partial charge in [-0.2, -0.15) is 5.10 Å². The normalized spacial score (nSPS) is 10.6. The second-order valence-electron chi connectivity index (χ2n) is 5.66. The summed E-state index contributed by atoms with van der Waals surface area (Å²) in [5.74, 6) is 0.139. The van der Waals surface area contributed by atoms with E-state index in [1.165, 1.54) is 0 Å². The average Bonchev–Trinajstić information content (AvgIpc) is 3.13. The number of ether oxygens (including phenoxy) is 2. The van der Waals surface area contributed by atoms with Crippen LogP contribution in [0.25, 0.3) is 16.9 Å². The molecule has 3 rings (SSSR count). The Hall–Kier alpha value is -2.79. The van der Waals surface area contributed by atoms with Crippen molar-refractivity contribution in [1.29, 1.82) is 0 Å². The van der Waals surface area contributed by atoms with E-state index >= 15 is 0 Å². The van der Waals surface area contributed by atoms with Gasteiger partial charge >= 0.3 is 5.97 Å². The van der Waals surface area contributed by atoms with Gasteiger partial charge in [0, 0.05) is 10.6 Å². The predicted molar refractivity (Wildman–Crippen MR) is 101 cm³/mol. The van der Waals surface area contributed by atoms with E-state index in [0.29, 0.717) is 17.4 Å². The summed E-state index contributed by atoms with van der Waals surface area (Å²) in [6.45, 7) is 3.79. The molecule has 0 aliphatic rings. The lowest BCUT2D eigenvalue weighted by atomic mass is 10.1. The maximum Gasteiger partial charge on any atom is 0.344 e. The largest absolute Gasteiger partial charge is 0.481 e. The molecule has 0 saturated heterocycles. The number of hydrogen-bond acceptors (Lipinski definition) is 4. The summed E-state index contributed by atoms with van der Waals surface area (Å²) in [6.07, 6.45) is 1.71. The van der Waals surface area contributed by atoms with Crippen LogP contribution in [0.1, 0.15) is 12.5 Å². The first-order chi connectivity index (χ1) is 12.6. The number of nitrogens with zero attached hydrogens (tertiary/aromatic N) is 2. The van der Waals surface area contributed by atoms with E-state index in [2.05, 4.69) is 5.10 Å². The second kappa shape index (κ2) is 8.06. The number of esters is 1. The first-order valence-corrected chi connectivity index (χ1v) is 8.66. The van der Waals surface area contributed by atoms with Crippen molar-refractivity contribution in [2.24, 2.45) is 0 Å². The fourth-order valence-corrected chi connectivity index (χ4v) is 2.76. The van der Waals surface area contributed by atoms with Gasteiger partial charge < -0.3 is 9.47 Å². The van der Waals surface area contributed by atoms with Crippen molar-refractivity contribution in [1.82, 2.24) is 9.78 Å². The molecule has 0 atom stereocenters. The van der Waals surface area contributed by atoms with Gasteiger partial charge in [-0.25, -0.2) is 9.48 Å². The summed E-state index contributed by atoms with van der Waals surface area (Å²) in [4.78, 5) is 11.7. The molecule has 134 valence electrons.